The van der Waals surface area contributed by atoms with Crippen molar-refractivity contribution in [3.05, 3.63) is 50.9 Å². The predicted molar refractivity (Wildman–Crippen MR) is 88.0 cm³/mol. The van der Waals surface area contributed by atoms with Gasteiger partial charge in [-0.3, -0.25) is 14.9 Å². The number of nitro groups is 1. The van der Waals surface area contributed by atoms with Crippen LogP contribution in [0.1, 0.15) is 27.7 Å². The van der Waals surface area contributed by atoms with Gasteiger partial charge in [-0.15, -0.1) is 21.5 Å². The van der Waals surface area contributed by atoms with E-state index in [0.717, 1.165) is 35.7 Å². The fourth-order valence-electron chi connectivity index (χ4n) is 2.84. The molecule has 1 aromatic carbocycles. The van der Waals surface area contributed by atoms with Crippen molar-refractivity contribution in [1.29, 1.82) is 0 Å². The van der Waals surface area contributed by atoms with Gasteiger partial charge in [-0.1, -0.05) is 0 Å². The zero-order valence-electron chi connectivity index (χ0n) is 12.6. The van der Waals surface area contributed by atoms with Crippen molar-refractivity contribution in [1.82, 2.24) is 20.1 Å². The molecule has 0 fully saturated rings. The Morgan fingerprint density at radius 3 is 3.08 bits per heavy atom. The van der Waals surface area contributed by atoms with Gasteiger partial charge in [-0.2, -0.15) is 0 Å². The third-order valence-electron chi connectivity index (χ3n) is 4.03. The van der Waals surface area contributed by atoms with Crippen molar-refractivity contribution >= 4 is 33.0 Å². The molecule has 1 amide bonds. The van der Waals surface area contributed by atoms with E-state index in [2.05, 4.69) is 15.5 Å². The number of nitrogens with one attached hydrogen (secondary N) is 1. The van der Waals surface area contributed by atoms with Gasteiger partial charge in [0.25, 0.3) is 11.6 Å². The lowest BCUT2D eigenvalue weighted by atomic mass is 10.2. The molecule has 0 saturated carbocycles. The lowest BCUT2D eigenvalue weighted by Gasteiger charge is -2.04. The molecule has 2 aromatic heterocycles. The van der Waals surface area contributed by atoms with Gasteiger partial charge in [-0.05, 0) is 18.6 Å². The number of non-ortho nitro benzene ring substituents is 1. The van der Waals surface area contributed by atoms with E-state index >= 15 is 0 Å². The molecule has 0 bridgehead atoms. The van der Waals surface area contributed by atoms with E-state index in [1.807, 2.05) is 4.57 Å². The summed E-state index contributed by atoms with van der Waals surface area (Å²) in [6.45, 7) is 1.21. The highest BCUT2D eigenvalue weighted by Gasteiger charge is 2.18. The van der Waals surface area contributed by atoms with Gasteiger partial charge in [0, 0.05) is 35.2 Å². The summed E-state index contributed by atoms with van der Waals surface area (Å²) in [4.78, 5) is 23.2. The van der Waals surface area contributed by atoms with Crippen LogP contribution in [-0.4, -0.2) is 25.6 Å². The molecule has 3 heterocycles. The van der Waals surface area contributed by atoms with Crippen molar-refractivity contribution in [3.8, 4) is 0 Å². The van der Waals surface area contributed by atoms with E-state index in [4.69, 9.17) is 0 Å². The van der Waals surface area contributed by atoms with E-state index < -0.39 is 4.92 Å². The molecular formula is C15H13N5O3S. The number of rotatable bonds is 4. The number of fused-ring (bicyclic) bond motifs is 2. The number of amides is 1. The largest absolute Gasteiger partial charge is 0.344 e. The molecule has 0 spiro atoms. The van der Waals surface area contributed by atoms with E-state index in [1.54, 1.807) is 12.1 Å². The molecule has 0 atom stereocenters. The summed E-state index contributed by atoms with van der Waals surface area (Å²) in [5.74, 6) is 1.51. The summed E-state index contributed by atoms with van der Waals surface area (Å²) in [6.07, 6.45) is 1.98. The van der Waals surface area contributed by atoms with Crippen molar-refractivity contribution in [2.45, 2.75) is 25.9 Å². The third-order valence-corrected chi connectivity index (χ3v) is 5.14. The molecule has 9 heteroatoms. The minimum Gasteiger partial charge on any atom is -0.344 e. The predicted octanol–water partition coefficient (Wildman–Crippen LogP) is 2.28. The van der Waals surface area contributed by atoms with Crippen molar-refractivity contribution in [2.75, 3.05) is 0 Å². The molecule has 0 unspecified atom stereocenters. The zero-order chi connectivity index (χ0) is 16.7. The van der Waals surface area contributed by atoms with Gasteiger partial charge >= 0.3 is 0 Å². The Kier molecular flexibility index (Phi) is 3.49. The van der Waals surface area contributed by atoms with E-state index in [0.29, 0.717) is 16.8 Å². The van der Waals surface area contributed by atoms with Gasteiger partial charge in [0.05, 0.1) is 16.3 Å². The fraction of sp³-hybridized carbons (Fsp3) is 0.267. The van der Waals surface area contributed by atoms with E-state index in [1.165, 1.54) is 23.5 Å². The molecule has 1 aliphatic heterocycles. The monoisotopic (exact) mass is 343 g/mol. The van der Waals surface area contributed by atoms with Crippen LogP contribution < -0.4 is 5.32 Å². The Morgan fingerprint density at radius 1 is 1.38 bits per heavy atom. The van der Waals surface area contributed by atoms with Crippen LogP contribution >= 0.6 is 11.3 Å². The Balaban J connectivity index is 1.51. The Bertz CT molecular complexity index is 961. The molecule has 4 rings (SSSR count). The van der Waals surface area contributed by atoms with Gasteiger partial charge in [0.2, 0.25) is 0 Å². The van der Waals surface area contributed by atoms with Crippen LogP contribution in [0.25, 0.3) is 10.1 Å². The quantitative estimate of drug-likeness (QED) is 0.578. The molecular weight excluding hydrogens is 330 g/mol. The van der Waals surface area contributed by atoms with Crippen molar-refractivity contribution in [2.24, 2.45) is 0 Å². The summed E-state index contributed by atoms with van der Waals surface area (Å²) in [5.41, 5.74) is 0.0197. The molecule has 1 N–H and O–H groups in total. The van der Waals surface area contributed by atoms with Crippen LogP contribution in [0.3, 0.4) is 0 Å². The number of aryl methyl sites for hydroxylation is 1. The number of thiophene rings is 1. The minimum atomic E-state index is -0.442. The zero-order valence-corrected chi connectivity index (χ0v) is 13.4. The smallest absolute Gasteiger partial charge is 0.270 e. The number of carbonyl (C=O) groups excluding carboxylic acids is 1. The summed E-state index contributed by atoms with van der Waals surface area (Å²) < 4.78 is 2.88. The van der Waals surface area contributed by atoms with E-state index in [9.17, 15) is 14.9 Å². The van der Waals surface area contributed by atoms with Gasteiger partial charge < -0.3 is 9.88 Å². The van der Waals surface area contributed by atoms with Crippen LogP contribution in [0.5, 0.6) is 0 Å². The molecule has 1 aliphatic rings. The number of aromatic nitrogens is 3. The SMILES string of the molecule is O=C(NCc1nnc2n1CCC2)c1cc2cc([N+](=O)[O-])ccc2s1. The maximum atomic E-state index is 12.3. The van der Waals surface area contributed by atoms with Crippen molar-refractivity contribution in [3.63, 3.8) is 0 Å². The first-order valence-electron chi connectivity index (χ1n) is 7.49. The maximum Gasteiger partial charge on any atom is 0.270 e. The Morgan fingerprint density at radius 2 is 2.25 bits per heavy atom. The van der Waals surface area contributed by atoms with Crippen LogP contribution in [0.2, 0.25) is 0 Å². The summed E-state index contributed by atoms with van der Waals surface area (Å²) in [6, 6.07) is 6.27. The minimum absolute atomic E-state index is 0.0197. The Labute approximate surface area is 140 Å². The highest BCUT2D eigenvalue weighted by molar-refractivity contribution is 7.20. The van der Waals surface area contributed by atoms with Gasteiger partial charge in [0.15, 0.2) is 5.82 Å². The lowest BCUT2D eigenvalue weighted by Crippen LogP contribution is -2.23. The topological polar surface area (TPSA) is 103 Å². The fourth-order valence-corrected chi connectivity index (χ4v) is 3.80. The number of benzene rings is 1. The second kappa shape index (κ2) is 5.68. The Hall–Kier alpha value is -2.81. The summed E-state index contributed by atoms with van der Waals surface area (Å²) in [5, 5.41) is 22.6. The van der Waals surface area contributed by atoms with Crippen LogP contribution in [-0.2, 0) is 19.5 Å². The summed E-state index contributed by atoms with van der Waals surface area (Å²) in [7, 11) is 0. The van der Waals surface area contributed by atoms with E-state index in [-0.39, 0.29) is 11.6 Å². The highest BCUT2D eigenvalue weighted by Crippen LogP contribution is 2.29. The first kappa shape index (κ1) is 14.8. The molecule has 8 nitrogen and oxygen atoms in total. The standard InChI is InChI=1S/C15H13N5O3S/c21-15(16-8-14-18-17-13-2-1-5-19(13)14)12-7-9-6-10(20(22)23)3-4-11(9)24-12/h3-4,6-7H,1-2,5,8H2,(H,16,21). The second-order valence-electron chi connectivity index (χ2n) is 5.56. The highest BCUT2D eigenvalue weighted by atomic mass is 32.1. The summed E-state index contributed by atoms with van der Waals surface area (Å²) >= 11 is 1.31. The first-order valence-corrected chi connectivity index (χ1v) is 8.30. The maximum absolute atomic E-state index is 12.3. The first-order chi connectivity index (χ1) is 11.6. The molecule has 0 radical (unpaired) electrons. The number of nitrogens with zero attached hydrogens (tertiary/aromatic N) is 4. The normalized spacial score (nSPS) is 13.2. The molecule has 24 heavy (non-hydrogen) atoms. The van der Waals surface area contributed by atoms with Crippen LogP contribution in [0.15, 0.2) is 24.3 Å². The van der Waals surface area contributed by atoms with Gasteiger partial charge in [0.1, 0.15) is 5.82 Å². The molecule has 3 aromatic rings. The molecule has 0 aliphatic carbocycles. The number of hydrogen-bond donors (Lipinski definition) is 1. The number of carbonyl (C=O) groups is 1. The molecule has 122 valence electrons. The lowest BCUT2D eigenvalue weighted by molar-refractivity contribution is -0.384. The van der Waals surface area contributed by atoms with Crippen LogP contribution in [0.4, 0.5) is 5.69 Å². The average molecular weight is 343 g/mol. The number of hydrogen-bond acceptors (Lipinski definition) is 6. The third kappa shape index (κ3) is 2.52. The molecule has 0 saturated heterocycles. The second-order valence-corrected chi connectivity index (χ2v) is 6.64. The van der Waals surface area contributed by atoms with Crippen LogP contribution in [0, 0.1) is 10.1 Å². The number of nitro benzene ring substituents is 1. The average Bonchev–Trinajstić information content (AvgIpc) is 3.26. The van der Waals surface area contributed by atoms with Gasteiger partial charge in [-0.25, -0.2) is 0 Å². The van der Waals surface area contributed by atoms with Crippen molar-refractivity contribution < 1.29 is 9.72 Å².